The highest BCUT2D eigenvalue weighted by atomic mass is 16.3. The van der Waals surface area contributed by atoms with Gasteiger partial charge in [-0.2, -0.15) is 0 Å². The molecule has 3 heterocycles. The number of para-hydroxylation sites is 2. The number of rotatable bonds is 4. The molecule has 0 amide bonds. The van der Waals surface area contributed by atoms with Crippen LogP contribution in [0.15, 0.2) is 154 Å². The Balaban J connectivity index is 1.31. The highest BCUT2D eigenvalue weighted by Gasteiger charge is 2.21. The Hall–Kier alpha value is -6.00. The average Bonchev–Trinajstić information content (AvgIpc) is 3.66. The Bertz CT molecular complexity index is 2350. The lowest BCUT2D eigenvalue weighted by atomic mass is 9.96. The van der Waals surface area contributed by atoms with Crippen LogP contribution in [-0.4, -0.2) is 9.97 Å². The van der Waals surface area contributed by atoms with Crippen LogP contribution in [0.25, 0.3) is 88.9 Å². The summed E-state index contributed by atoms with van der Waals surface area (Å²) in [5.41, 5.74) is 9.98. The van der Waals surface area contributed by atoms with E-state index in [2.05, 4.69) is 72.8 Å². The number of fused-ring (bicyclic) bond motifs is 6. The summed E-state index contributed by atoms with van der Waals surface area (Å²) in [5, 5.41) is 4.31. The lowest BCUT2D eigenvalue weighted by Gasteiger charge is -2.11. The van der Waals surface area contributed by atoms with Crippen molar-refractivity contribution in [1.82, 2.24) is 9.97 Å². The van der Waals surface area contributed by atoms with Crippen molar-refractivity contribution in [3.05, 3.63) is 146 Å². The number of hydrogen-bond donors (Lipinski definition) is 0. The molecule has 4 nitrogen and oxygen atoms in total. The van der Waals surface area contributed by atoms with Crippen LogP contribution in [0.4, 0.5) is 0 Å². The summed E-state index contributed by atoms with van der Waals surface area (Å²) in [6.07, 6.45) is 0. The lowest BCUT2D eigenvalue weighted by Crippen LogP contribution is -1.96. The van der Waals surface area contributed by atoms with E-state index >= 15 is 0 Å². The molecule has 206 valence electrons. The Labute approximate surface area is 252 Å². The number of hydrogen-bond acceptors (Lipinski definition) is 4. The van der Waals surface area contributed by atoms with Gasteiger partial charge in [0.25, 0.3) is 0 Å². The molecule has 3 aromatic heterocycles. The highest BCUT2D eigenvalue weighted by Crippen LogP contribution is 2.45. The second kappa shape index (κ2) is 9.79. The first-order valence-corrected chi connectivity index (χ1v) is 14.7. The molecule has 0 radical (unpaired) electrons. The predicted octanol–water partition coefficient (Wildman–Crippen LogP) is 10.9. The molecule has 0 aliphatic rings. The molecule has 4 heteroatoms. The first kappa shape index (κ1) is 24.6. The Morgan fingerprint density at radius 2 is 0.864 bits per heavy atom. The van der Waals surface area contributed by atoms with Crippen LogP contribution in [-0.2, 0) is 0 Å². The normalized spacial score (nSPS) is 11.6. The van der Waals surface area contributed by atoms with Gasteiger partial charge >= 0.3 is 0 Å². The molecule has 44 heavy (non-hydrogen) atoms. The Morgan fingerprint density at radius 3 is 1.50 bits per heavy atom. The van der Waals surface area contributed by atoms with Crippen molar-refractivity contribution < 1.29 is 8.83 Å². The van der Waals surface area contributed by atoms with Gasteiger partial charge in [0.1, 0.15) is 22.3 Å². The third kappa shape index (κ3) is 3.92. The molecule has 9 rings (SSSR count). The van der Waals surface area contributed by atoms with Crippen LogP contribution in [0.3, 0.4) is 0 Å². The van der Waals surface area contributed by atoms with Gasteiger partial charge in [0, 0.05) is 38.2 Å². The van der Waals surface area contributed by atoms with E-state index in [9.17, 15) is 0 Å². The maximum atomic E-state index is 6.56. The van der Waals surface area contributed by atoms with Gasteiger partial charge in [-0.05, 0) is 35.9 Å². The molecule has 9 aromatic rings. The number of aromatic nitrogens is 2. The van der Waals surface area contributed by atoms with Gasteiger partial charge in [-0.1, -0.05) is 115 Å². The molecule has 0 aliphatic heterocycles. The predicted molar refractivity (Wildman–Crippen MR) is 178 cm³/mol. The van der Waals surface area contributed by atoms with Crippen molar-refractivity contribution in [2.75, 3.05) is 0 Å². The second-order valence-corrected chi connectivity index (χ2v) is 11.0. The van der Waals surface area contributed by atoms with E-state index in [0.29, 0.717) is 5.82 Å². The minimum atomic E-state index is 0.686. The van der Waals surface area contributed by atoms with E-state index < -0.39 is 0 Å². The van der Waals surface area contributed by atoms with Gasteiger partial charge in [-0.25, -0.2) is 9.97 Å². The molecule has 0 aliphatic carbocycles. The first-order valence-electron chi connectivity index (χ1n) is 14.7. The highest BCUT2D eigenvalue weighted by molar-refractivity contribution is 6.22. The van der Waals surface area contributed by atoms with E-state index in [1.54, 1.807) is 0 Å². The van der Waals surface area contributed by atoms with Crippen LogP contribution in [0, 0.1) is 0 Å². The third-order valence-electron chi connectivity index (χ3n) is 8.29. The van der Waals surface area contributed by atoms with Gasteiger partial charge in [-0.15, -0.1) is 0 Å². The lowest BCUT2D eigenvalue weighted by molar-refractivity contribution is 0.658. The molecule has 0 spiro atoms. The van der Waals surface area contributed by atoms with Crippen molar-refractivity contribution in [2.45, 2.75) is 0 Å². The Morgan fingerprint density at radius 1 is 0.364 bits per heavy atom. The summed E-state index contributed by atoms with van der Waals surface area (Å²) in [5.74, 6) is 0.686. The van der Waals surface area contributed by atoms with E-state index in [4.69, 9.17) is 18.8 Å². The summed E-state index contributed by atoms with van der Waals surface area (Å²) in [7, 11) is 0. The fourth-order valence-electron chi connectivity index (χ4n) is 6.20. The molecule has 0 saturated heterocycles. The number of furan rings is 2. The summed E-state index contributed by atoms with van der Waals surface area (Å²) in [4.78, 5) is 10.0. The zero-order chi connectivity index (χ0) is 29.0. The van der Waals surface area contributed by atoms with Crippen LogP contribution < -0.4 is 0 Å². The molecule has 0 saturated carbocycles. The van der Waals surface area contributed by atoms with Gasteiger partial charge in [-0.3, -0.25) is 0 Å². The Kier molecular flexibility index (Phi) is 5.47. The van der Waals surface area contributed by atoms with Crippen LogP contribution in [0.1, 0.15) is 0 Å². The van der Waals surface area contributed by atoms with E-state index in [0.717, 1.165) is 83.1 Å². The number of nitrogens with zero attached hydrogens (tertiary/aromatic N) is 2. The quantitative estimate of drug-likeness (QED) is 0.213. The summed E-state index contributed by atoms with van der Waals surface area (Å²) in [6.45, 7) is 0. The van der Waals surface area contributed by atoms with E-state index in [1.165, 1.54) is 0 Å². The molecular weight excluding hydrogens is 540 g/mol. The van der Waals surface area contributed by atoms with Crippen LogP contribution in [0.2, 0.25) is 0 Å². The molecule has 6 aromatic carbocycles. The zero-order valence-electron chi connectivity index (χ0n) is 23.6. The summed E-state index contributed by atoms with van der Waals surface area (Å²) in [6, 6.07) is 49.5. The van der Waals surface area contributed by atoms with Crippen molar-refractivity contribution in [2.24, 2.45) is 0 Å². The fraction of sp³-hybridized carbons (Fsp3) is 0. The van der Waals surface area contributed by atoms with Crippen molar-refractivity contribution >= 4 is 43.9 Å². The molecule has 0 fully saturated rings. The SMILES string of the molecule is c1ccc(-c2cc(-c3cccc(-c4c5oc6ccccc6c5cc5c4oc4ccccc45)c3)nc(-c3ccccc3)n2)cc1. The average molecular weight is 565 g/mol. The maximum Gasteiger partial charge on any atom is 0.160 e. The zero-order valence-corrected chi connectivity index (χ0v) is 23.6. The van der Waals surface area contributed by atoms with Crippen LogP contribution >= 0.6 is 0 Å². The van der Waals surface area contributed by atoms with Crippen LogP contribution in [0.5, 0.6) is 0 Å². The third-order valence-corrected chi connectivity index (χ3v) is 8.29. The van der Waals surface area contributed by atoms with Gasteiger partial charge < -0.3 is 8.83 Å². The largest absolute Gasteiger partial charge is 0.455 e. The summed E-state index contributed by atoms with van der Waals surface area (Å²) < 4.78 is 13.1. The van der Waals surface area contributed by atoms with Gasteiger partial charge in [0.05, 0.1) is 17.0 Å². The van der Waals surface area contributed by atoms with Gasteiger partial charge in [0.15, 0.2) is 5.82 Å². The fourth-order valence-corrected chi connectivity index (χ4v) is 6.20. The molecule has 0 N–H and O–H groups in total. The maximum absolute atomic E-state index is 6.56. The molecule has 0 bridgehead atoms. The van der Waals surface area contributed by atoms with Crippen molar-refractivity contribution in [3.63, 3.8) is 0 Å². The standard InChI is InChI=1S/C40H24N2O2/c1-3-12-25(13-4-1)33-24-34(42-40(41-33)26-14-5-2-6-15-26)27-16-11-17-28(22-27)37-38-31(29-18-7-9-20-35(29)43-38)23-32-30-19-8-10-21-36(30)44-39(32)37/h1-24H. The smallest absolute Gasteiger partial charge is 0.160 e. The molecule has 0 atom stereocenters. The topological polar surface area (TPSA) is 52.1 Å². The first-order chi connectivity index (χ1) is 21.8. The van der Waals surface area contributed by atoms with E-state index in [1.807, 2.05) is 72.8 Å². The number of benzene rings is 6. The molecule has 0 unspecified atom stereocenters. The monoisotopic (exact) mass is 564 g/mol. The summed E-state index contributed by atoms with van der Waals surface area (Å²) >= 11 is 0. The van der Waals surface area contributed by atoms with E-state index in [-0.39, 0.29) is 0 Å². The van der Waals surface area contributed by atoms with Crippen molar-refractivity contribution in [3.8, 4) is 45.0 Å². The van der Waals surface area contributed by atoms with Gasteiger partial charge in [0.2, 0.25) is 0 Å². The second-order valence-electron chi connectivity index (χ2n) is 11.0. The minimum absolute atomic E-state index is 0.686. The minimum Gasteiger partial charge on any atom is -0.455 e. The van der Waals surface area contributed by atoms with Crippen molar-refractivity contribution in [1.29, 1.82) is 0 Å². The molecular formula is C40H24N2O2.